The molecule has 3 aromatic rings. The van der Waals surface area contributed by atoms with Crippen molar-refractivity contribution in [2.75, 3.05) is 7.05 Å². The van der Waals surface area contributed by atoms with Gasteiger partial charge < -0.3 is 5.11 Å². The van der Waals surface area contributed by atoms with Crippen LogP contribution in [-0.4, -0.2) is 17.1 Å². The van der Waals surface area contributed by atoms with Crippen molar-refractivity contribution >= 4 is 22.4 Å². The smallest absolute Gasteiger partial charge is 0.120 e. The molecule has 0 aliphatic rings. The summed E-state index contributed by atoms with van der Waals surface area (Å²) >= 11 is 5.92. The summed E-state index contributed by atoms with van der Waals surface area (Å²) < 4.78 is 0. The summed E-state index contributed by atoms with van der Waals surface area (Å²) in [6, 6.07) is 19.7. The molecule has 22 heavy (non-hydrogen) atoms. The van der Waals surface area contributed by atoms with Crippen LogP contribution < -0.4 is 0 Å². The molecule has 0 fully saturated rings. The van der Waals surface area contributed by atoms with E-state index in [0.717, 1.165) is 27.9 Å². The number of rotatable bonds is 4. The lowest BCUT2D eigenvalue weighted by atomic mass is 10.0. The Morgan fingerprint density at radius 3 is 2.41 bits per heavy atom. The zero-order valence-corrected chi connectivity index (χ0v) is 13.2. The molecule has 0 amide bonds. The standard InChI is InChI=1S/C19H18ClNO/c1-21(12-14-6-9-16(20)10-7-14)13-18-17-5-3-2-4-15(17)8-11-19(18)22/h2-11,22H,12-13H2,1H3. The van der Waals surface area contributed by atoms with Crippen LogP contribution in [0.5, 0.6) is 5.75 Å². The van der Waals surface area contributed by atoms with E-state index in [1.165, 1.54) is 5.56 Å². The highest BCUT2D eigenvalue weighted by Gasteiger charge is 2.10. The first kappa shape index (κ1) is 14.9. The fourth-order valence-corrected chi connectivity index (χ4v) is 2.84. The first-order valence-electron chi connectivity index (χ1n) is 7.26. The topological polar surface area (TPSA) is 23.5 Å². The highest BCUT2D eigenvalue weighted by Crippen LogP contribution is 2.28. The van der Waals surface area contributed by atoms with Crippen LogP contribution in [0.3, 0.4) is 0 Å². The zero-order valence-electron chi connectivity index (χ0n) is 12.5. The molecule has 0 aliphatic carbocycles. The van der Waals surface area contributed by atoms with Gasteiger partial charge in [0.2, 0.25) is 0 Å². The van der Waals surface area contributed by atoms with Crippen molar-refractivity contribution in [3.63, 3.8) is 0 Å². The third-order valence-corrected chi connectivity index (χ3v) is 4.06. The zero-order chi connectivity index (χ0) is 15.5. The van der Waals surface area contributed by atoms with Gasteiger partial charge >= 0.3 is 0 Å². The minimum Gasteiger partial charge on any atom is -0.508 e. The molecule has 0 saturated carbocycles. The Hall–Kier alpha value is -2.03. The van der Waals surface area contributed by atoms with Crippen LogP contribution in [0, 0.1) is 0 Å². The Bertz CT molecular complexity index is 783. The Balaban J connectivity index is 1.83. The summed E-state index contributed by atoms with van der Waals surface area (Å²) in [5, 5.41) is 13.2. The van der Waals surface area contributed by atoms with Gasteiger partial charge in [-0.05, 0) is 41.6 Å². The van der Waals surface area contributed by atoms with Crippen LogP contribution >= 0.6 is 11.6 Å². The minimum atomic E-state index is 0.349. The molecular weight excluding hydrogens is 294 g/mol. The Morgan fingerprint density at radius 2 is 1.64 bits per heavy atom. The number of halogens is 1. The second kappa shape index (κ2) is 6.39. The average Bonchev–Trinajstić information content (AvgIpc) is 2.52. The van der Waals surface area contributed by atoms with Crippen LogP contribution in [0.2, 0.25) is 5.02 Å². The molecule has 2 nitrogen and oxygen atoms in total. The van der Waals surface area contributed by atoms with Crippen LogP contribution in [-0.2, 0) is 13.1 Å². The molecular formula is C19H18ClNO. The molecule has 0 spiro atoms. The van der Waals surface area contributed by atoms with E-state index >= 15 is 0 Å². The van der Waals surface area contributed by atoms with Gasteiger partial charge in [-0.2, -0.15) is 0 Å². The highest BCUT2D eigenvalue weighted by atomic mass is 35.5. The molecule has 0 radical (unpaired) electrons. The summed E-state index contributed by atoms with van der Waals surface area (Å²) in [7, 11) is 2.05. The second-order valence-electron chi connectivity index (χ2n) is 5.58. The first-order chi connectivity index (χ1) is 10.6. The van der Waals surface area contributed by atoms with E-state index in [0.29, 0.717) is 12.3 Å². The molecule has 3 rings (SSSR count). The number of fused-ring (bicyclic) bond motifs is 1. The van der Waals surface area contributed by atoms with E-state index < -0.39 is 0 Å². The molecule has 0 saturated heterocycles. The van der Waals surface area contributed by atoms with E-state index in [1.807, 2.05) is 42.5 Å². The lowest BCUT2D eigenvalue weighted by Crippen LogP contribution is -2.17. The van der Waals surface area contributed by atoms with Crippen molar-refractivity contribution in [2.24, 2.45) is 0 Å². The molecule has 0 unspecified atom stereocenters. The van der Waals surface area contributed by atoms with Crippen molar-refractivity contribution in [1.29, 1.82) is 0 Å². The molecule has 0 aliphatic heterocycles. The molecule has 112 valence electrons. The number of aromatic hydroxyl groups is 1. The number of benzene rings is 3. The number of nitrogens with zero attached hydrogens (tertiary/aromatic N) is 1. The summed E-state index contributed by atoms with van der Waals surface area (Å²) in [6.45, 7) is 1.50. The van der Waals surface area contributed by atoms with Crippen molar-refractivity contribution in [3.05, 3.63) is 76.8 Å². The van der Waals surface area contributed by atoms with E-state index in [4.69, 9.17) is 11.6 Å². The van der Waals surface area contributed by atoms with Crippen LogP contribution in [0.15, 0.2) is 60.7 Å². The van der Waals surface area contributed by atoms with Crippen LogP contribution in [0.1, 0.15) is 11.1 Å². The fraction of sp³-hybridized carbons (Fsp3) is 0.158. The Kier molecular flexibility index (Phi) is 4.32. The number of hydrogen-bond acceptors (Lipinski definition) is 2. The van der Waals surface area contributed by atoms with Gasteiger partial charge in [-0.15, -0.1) is 0 Å². The van der Waals surface area contributed by atoms with Crippen LogP contribution in [0.25, 0.3) is 10.8 Å². The third-order valence-electron chi connectivity index (χ3n) is 3.81. The third kappa shape index (κ3) is 3.24. The van der Waals surface area contributed by atoms with Crippen molar-refractivity contribution in [1.82, 2.24) is 4.90 Å². The number of phenols is 1. The molecule has 3 aromatic carbocycles. The number of phenolic OH excluding ortho intramolecular Hbond substituents is 1. The van der Waals surface area contributed by atoms with Gasteiger partial charge in [0.05, 0.1) is 0 Å². The normalized spacial score (nSPS) is 11.2. The SMILES string of the molecule is CN(Cc1ccc(Cl)cc1)Cc1c(O)ccc2ccccc12. The summed E-state index contributed by atoms with van der Waals surface area (Å²) in [4.78, 5) is 2.19. The van der Waals surface area contributed by atoms with Gasteiger partial charge in [0.1, 0.15) is 5.75 Å². The lowest BCUT2D eigenvalue weighted by molar-refractivity contribution is 0.314. The number of hydrogen-bond donors (Lipinski definition) is 1. The summed E-state index contributed by atoms with van der Waals surface area (Å²) in [5.74, 6) is 0.349. The lowest BCUT2D eigenvalue weighted by Gasteiger charge is -2.19. The molecule has 1 N–H and O–H groups in total. The Morgan fingerprint density at radius 1 is 0.909 bits per heavy atom. The largest absolute Gasteiger partial charge is 0.508 e. The highest BCUT2D eigenvalue weighted by molar-refractivity contribution is 6.30. The van der Waals surface area contributed by atoms with Gasteiger partial charge in [0.25, 0.3) is 0 Å². The van der Waals surface area contributed by atoms with Gasteiger partial charge in [0, 0.05) is 23.7 Å². The maximum Gasteiger partial charge on any atom is 0.120 e. The van der Waals surface area contributed by atoms with E-state index in [-0.39, 0.29) is 0 Å². The van der Waals surface area contributed by atoms with Crippen LogP contribution in [0.4, 0.5) is 0 Å². The predicted octanol–water partition coefficient (Wildman–Crippen LogP) is 4.83. The molecule has 0 aromatic heterocycles. The van der Waals surface area contributed by atoms with Gasteiger partial charge in [-0.25, -0.2) is 0 Å². The summed E-state index contributed by atoms with van der Waals surface area (Å²) in [6.07, 6.45) is 0. The second-order valence-corrected chi connectivity index (χ2v) is 6.02. The fourth-order valence-electron chi connectivity index (χ4n) is 2.72. The average molecular weight is 312 g/mol. The van der Waals surface area contributed by atoms with Crippen molar-refractivity contribution < 1.29 is 5.11 Å². The molecule has 0 heterocycles. The van der Waals surface area contributed by atoms with Crippen molar-refractivity contribution in [3.8, 4) is 5.75 Å². The Labute approximate surface area is 135 Å². The van der Waals surface area contributed by atoms with E-state index in [9.17, 15) is 5.11 Å². The first-order valence-corrected chi connectivity index (χ1v) is 7.64. The predicted molar refractivity (Wildman–Crippen MR) is 92.2 cm³/mol. The maximum absolute atomic E-state index is 10.2. The van der Waals surface area contributed by atoms with Gasteiger partial charge in [-0.1, -0.05) is 54.1 Å². The van der Waals surface area contributed by atoms with Gasteiger partial charge in [0.15, 0.2) is 0 Å². The van der Waals surface area contributed by atoms with E-state index in [2.05, 4.69) is 24.1 Å². The monoisotopic (exact) mass is 311 g/mol. The minimum absolute atomic E-state index is 0.349. The summed E-state index contributed by atoms with van der Waals surface area (Å²) in [5.41, 5.74) is 2.17. The maximum atomic E-state index is 10.2. The molecule has 0 bridgehead atoms. The molecule has 0 atom stereocenters. The quantitative estimate of drug-likeness (QED) is 0.746. The molecule has 3 heteroatoms. The van der Waals surface area contributed by atoms with Crippen molar-refractivity contribution in [2.45, 2.75) is 13.1 Å². The van der Waals surface area contributed by atoms with E-state index in [1.54, 1.807) is 6.07 Å². The van der Waals surface area contributed by atoms with Gasteiger partial charge in [-0.3, -0.25) is 4.90 Å².